The van der Waals surface area contributed by atoms with Crippen LogP contribution in [0.15, 0.2) is 161 Å². The fourth-order valence-electron chi connectivity index (χ4n) is 6.12. The molecule has 2 heterocycles. The van der Waals surface area contributed by atoms with Crippen molar-refractivity contribution in [1.82, 2.24) is 4.57 Å². The summed E-state index contributed by atoms with van der Waals surface area (Å²) in [5.41, 5.74) is 6.30. The van der Waals surface area contributed by atoms with Crippen LogP contribution in [0, 0.1) is 0 Å². The van der Waals surface area contributed by atoms with Crippen LogP contribution in [0.5, 0.6) is 0 Å². The lowest BCUT2D eigenvalue weighted by molar-refractivity contribution is 1.06. The van der Waals surface area contributed by atoms with Gasteiger partial charge in [-0.2, -0.15) is 0 Å². The van der Waals surface area contributed by atoms with E-state index in [1.807, 2.05) is 65.9 Å². The summed E-state index contributed by atoms with van der Waals surface area (Å²) in [6, 6.07) is 50.5. The van der Waals surface area contributed by atoms with E-state index in [4.69, 9.17) is 9.98 Å². The largest absolute Gasteiger partial charge is 0.309 e. The number of amidine groups is 2. The third-order valence-electron chi connectivity index (χ3n) is 8.19. The molecule has 5 heteroatoms. The van der Waals surface area contributed by atoms with E-state index in [0.29, 0.717) is 18.2 Å². The summed E-state index contributed by atoms with van der Waals surface area (Å²) >= 11 is 1.86. The smallest absolute Gasteiger partial charge is 0.161 e. The molecule has 6 aromatic carbocycles. The van der Waals surface area contributed by atoms with Crippen molar-refractivity contribution in [3.8, 4) is 5.69 Å². The minimum atomic E-state index is 0.520. The third kappa shape index (κ3) is 4.84. The van der Waals surface area contributed by atoms with Gasteiger partial charge in [0.1, 0.15) is 0 Å². The molecule has 0 saturated carbocycles. The van der Waals surface area contributed by atoms with Crippen LogP contribution < -0.4 is 0 Å². The molecule has 0 aliphatic rings. The molecule has 0 radical (unpaired) electrons. The van der Waals surface area contributed by atoms with Gasteiger partial charge < -0.3 is 4.57 Å². The van der Waals surface area contributed by atoms with Gasteiger partial charge in [-0.15, -0.1) is 11.3 Å². The lowest BCUT2D eigenvalue weighted by Crippen LogP contribution is -2.06. The molecule has 0 saturated heterocycles. The fraction of sp³-hybridized carbons (Fsp3) is 0.0250. The monoisotopic (exact) mass is 596 g/mol. The SMILES string of the molecule is C=N/C(=N\C(=N/Cc1ccccc1)c1ccccc1)c1cccc(-n2c3ccccc3c3c4sc5ccccc5c4ccc32)c1. The van der Waals surface area contributed by atoms with Crippen LogP contribution in [-0.4, -0.2) is 23.0 Å². The van der Waals surface area contributed by atoms with E-state index in [1.54, 1.807) is 0 Å². The number of nitrogens with zero attached hydrogens (tertiary/aromatic N) is 4. The summed E-state index contributed by atoms with van der Waals surface area (Å²) in [6.45, 7) is 4.43. The topological polar surface area (TPSA) is 42.0 Å². The van der Waals surface area contributed by atoms with Crippen LogP contribution in [0.25, 0.3) is 47.7 Å². The van der Waals surface area contributed by atoms with E-state index >= 15 is 0 Å². The van der Waals surface area contributed by atoms with Gasteiger partial charge >= 0.3 is 0 Å². The van der Waals surface area contributed by atoms with Crippen LogP contribution in [0.4, 0.5) is 0 Å². The average Bonchev–Trinajstić information content (AvgIpc) is 3.65. The molecule has 0 aliphatic carbocycles. The summed E-state index contributed by atoms with van der Waals surface area (Å²) in [5.74, 6) is 1.15. The minimum absolute atomic E-state index is 0.520. The molecule has 8 aromatic rings. The number of thiophene rings is 1. The van der Waals surface area contributed by atoms with Gasteiger partial charge in [-0.1, -0.05) is 115 Å². The number of aromatic nitrogens is 1. The Morgan fingerprint density at radius 1 is 0.600 bits per heavy atom. The van der Waals surface area contributed by atoms with E-state index in [1.165, 1.54) is 36.5 Å². The van der Waals surface area contributed by atoms with Crippen LogP contribution in [-0.2, 0) is 6.54 Å². The van der Waals surface area contributed by atoms with Crippen LogP contribution >= 0.6 is 11.3 Å². The zero-order chi connectivity index (χ0) is 30.2. The van der Waals surface area contributed by atoms with Crippen LogP contribution in [0.2, 0.25) is 0 Å². The zero-order valence-electron chi connectivity index (χ0n) is 24.5. The van der Waals surface area contributed by atoms with E-state index in [0.717, 1.165) is 27.9 Å². The molecule has 0 bridgehead atoms. The first-order chi connectivity index (χ1) is 22.3. The van der Waals surface area contributed by atoms with Gasteiger partial charge in [-0.05, 0) is 42.6 Å². The van der Waals surface area contributed by atoms with Gasteiger partial charge in [-0.25, -0.2) is 9.98 Å². The Morgan fingerprint density at radius 2 is 1.31 bits per heavy atom. The maximum Gasteiger partial charge on any atom is 0.161 e. The predicted molar refractivity (Wildman–Crippen MR) is 193 cm³/mol. The predicted octanol–water partition coefficient (Wildman–Crippen LogP) is 10.2. The first kappa shape index (κ1) is 26.9. The Morgan fingerprint density at radius 3 is 2.13 bits per heavy atom. The quantitative estimate of drug-likeness (QED) is 0.140. The van der Waals surface area contributed by atoms with Gasteiger partial charge in [-0.3, -0.25) is 4.99 Å². The number of para-hydroxylation sites is 1. The van der Waals surface area contributed by atoms with Gasteiger partial charge in [0.2, 0.25) is 0 Å². The normalized spacial score (nSPS) is 12.4. The number of benzene rings is 6. The second kappa shape index (κ2) is 11.5. The van der Waals surface area contributed by atoms with Gasteiger partial charge in [0.25, 0.3) is 0 Å². The second-order valence-corrected chi connectivity index (χ2v) is 12.0. The number of rotatable bonds is 5. The van der Waals surface area contributed by atoms with E-state index in [-0.39, 0.29) is 0 Å². The molecule has 45 heavy (non-hydrogen) atoms. The lowest BCUT2D eigenvalue weighted by atomic mass is 10.1. The summed E-state index contributed by atoms with van der Waals surface area (Å²) in [6.07, 6.45) is 0. The Labute approximate surface area is 265 Å². The minimum Gasteiger partial charge on any atom is -0.309 e. The first-order valence-corrected chi connectivity index (χ1v) is 15.7. The molecule has 4 nitrogen and oxygen atoms in total. The lowest BCUT2D eigenvalue weighted by Gasteiger charge is -2.11. The Bertz CT molecular complexity index is 2410. The van der Waals surface area contributed by atoms with E-state index in [2.05, 4.69) is 107 Å². The molecule has 0 amide bonds. The third-order valence-corrected chi connectivity index (χ3v) is 9.39. The Kier molecular flexibility index (Phi) is 6.86. The molecule has 0 atom stereocenters. The van der Waals surface area contributed by atoms with E-state index < -0.39 is 0 Å². The summed E-state index contributed by atoms with van der Waals surface area (Å²) < 4.78 is 4.97. The van der Waals surface area contributed by atoms with Crippen LogP contribution in [0.3, 0.4) is 0 Å². The molecule has 0 fully saturated rings. The second-order valence-electron chi connectivity index (χ2n) is 10.9. The zero-order valence-corrected chi connectivity index (χ0v) is 25.3. The van der Waals surface area contributed by atoms with Gasteiger partial charge in [0.05, 0.1) is 17.6 Å². The number of hydrogen-bond acceptors (Lipinski definition) is 2. The average molecular weight is 597 g/mol. The Hall–Kier alpha value is -5.65. The van der Waals surface area contributed by atoms with E-state index in [9.17, 15) is 0 Å². The number of fused-ring (bicyclic) bond motifs is 7. The Balaban J connectivity index is 1.28. The van der Waals surface area contributed by atoms with Crippen molar-refractivity contribution in [2.24, 2.45) is 15.0 Å². The molecule has 214 valence electrons. The molecule has 2 aromatic heterocycles. The molecule has 0 unspecified atom stereocenters. The molecular weight excluding hydrogens is 569 g/mol. The number of aliphatic imine (C=N–C) groups is 3. The maximum atomic E-state index is 4.99. The van der Waals surface area contributed by atoms with Crippen molar-refractivity contribution in [3.05, 3.63) is 162 Å². The van der Waals surface area contributed by atoms with Crippen molar-refractivity contribution in [2.45, 2.75) is 6.54 Å². The molecule has 0 spiro atoms. The van der Waals surface area contributed by atoms with Crippen molar-refractivity contribution < 1.29 is 0 Å². The molecule has 0 aliphatic heterocycles. The maximum absolute atomic E-state index is 4.99. The number of hydrogen-bond donors (Lipinski definition) is 0. The fourth-order valence-corrected chi connectivity index (χ4v) is 7.38. The van der Waals surface area contributed by atoms with Crippen molar-refractivity contribution in [1.29, 1.82) is 0 Å². The van der Waals surface area contributed by atoms with Crippen molar-refractivity contribution in [3.63, 3.8) is 0 Å². The van der Waals surface area contributed by atoms with Gasteiger partial charge in [0.15, 0.2) is 11.7 Å². The van der Waals surface area contributed by atoms with Gasteiger partial charge in [0, 0.05) is 47.8 Å². The van der Waals surface area contributed by atoms with Crippen molar-refractivity contribution in [2.75, 3.05) is 0 Å². The summed E-state index contributed by atoms with van der Waals surface area (Å²) in [5, 5.41) is 5.13. The standard InChI is InChI=1S/C40H28N4S/c1-41-39(43-40(28-15-6-3-7-16-28)42-26-27-13-4-2-5-14-27)29-17-12-18-30(25-29)44-34-21-10-8-20-33(34)37-35(44)24-23-32-31-19-9-11-22-36(31)45-38(32)37/h2-25H,1,26H2/b42-40-,43-39-. The molecule has 8 rings (SSSR count). The highest BCUT2D eigenvalue weighted by atomic mass is 32.1. The molecular formula is C40H28N4S. The molecule has 0 N–H and O–H groups in total. The summed E-state index contributed by atoms with van der Waals surface area (Å²) in [4.78, 5) is 14.3. The highest BCUT2D eigenvalue weighted by Crippen LogP contribution is 2.43. The first-order valence-electron chi connectivity index (χ1n) is 14.9. The summed E-state index contributed by atoms with van der Waals surface area (Å²) in [7, 11) is 0. The van der Waals surface area contributed by atoms with Crippen molar-refractivity contribution >= 4 is 71.7 Å². The highest BCUT2D eigenvalue weighted by molar-refractivity contribution is 7.26. The highest BCUT2D eigenvalue weighted by Gasteiger charge is 2.18. The van der Waals surface area contributed by atoms with Crippen LogP contribution in [0.1, 0.15) is 16.7 Å².